The summed E-state index contributed by atoms with van der Waals surface area (Å²) in [4.78, 5) is 17.8. The second-order valence-electron chi connectivity index (χ2n) is 4.04. The third kappa shape index (κ3) is 2.13. The first kappa shape index (κ1) is 11.3. The number of carbonyl (C=O) groups excluding carboxylic acids is 1. The van der Waals surface area contributed by atoms with E-state index >= 15 is 0 Å². The lowest BCUT2D eigenvalue weighted by atomic mass is 10.2. The van der Waals surface area contributed by atoms with Gasteiger partial charge in [-0.2, -0.15) is 0 Å². The van der Waals surface area contributed by atoms with Crippen molar-refractivity contribution in [2.45, 2.75) is 11.9 Å². The van der Waals surface area contributed by atoms with Gasteiger partial charge >= 0.3 is 0 Å². The van der Waals surface area contributed by atoms with Gasteiger partial charge in [0.25, 0.3) is 0 Å². The lowest BCUT2D eigenvalue weighted by molar-refractivity contribution is -0.128. The molecule has 3 heterocycles. The average molecular weight is 260 g/mol. The maximum atomic E-state index is 11.9. The summed E-state index contributed by atoms with van der Waals surface area (Å²) in [5.74, 6) is 1.48. The number of rotatable bonds is 3. The molecular formula is C13H12N2O2S. The fourth-order valence-corrected chi connectivity index (χ4v) is 3.19. The van der Waals surface area contributed by atoms with Gasteiger partial charge in [0.15, 0.2) is 0 Å². The van der Waals surface area contributed by atoms with Crippen molar-refractivity contribution in [3.8, 4) is 0 Å². The smallest absolute Gasteiger partial charge is 0.234 e. The Labute approximate surface area is 109 Å². The Kier molecular flexibility index (Phi) is 3.06. The van der Waals surface area contributed by atoms with Crippen LogP contribution in [0.1, 0.15) is 16.7 Å². The zero-order chi connectivity index (χ0) is 12.4. The third-order valence-electron chi connectivity index (χ3n) is 2.87. The Hall–Kier alpha value is -1.75. The van der Waals surface area contributed by atoms with Crippen molar-refractivity contribution in [1.29, 1.82) is 0 Å². The summed E-state index contributed by atoms with van der Waals surface area (Å²) < 4.78 is 5.31. The Morgan fingerprint density at radius 1 is 1.39 bits per heavy atom. The molecular weight excluding hydrogens is 248 g/mol. The van der Waals surface area contributed by atoms with Crippen LogP contribution in [0.2, 0.25) is 0 Å². The van der Waals surface area contributed by atoms with E-state index in [0.29, 0.717) is 12.3 Å². The number of pyridine rings is 1. The van der Waals surface area contributed by atoms with Gasteiger partial charge in [0.1, 0.15) is 11.1 Å². The Balaban J connectivity index is 1.84. The van der Waals surface area contributed by atoms with Gasteiger partial charge in [-0.3, -0.25) is 9.78 Å². The van der Waals surface area contributed by atoms with E-state index in [1.54, 1.807) is 30.4 Å². The number of thioether (sulfide) groups is 1. The average Bonchev–Trinajstić information content (AvgIpc) is 3.03. The molecule has 2 aromatic heterocycles. The minimum absolute atomic E-state index is 0.0607. The van der Waals surface area contributed by atoms with Gasteiger partial charge in [0, 0.05) is 12.4 Å². The molecule has 0 aliphatic carbocycles. The number of amides is 1. The molecule has 1 amide bonds. The summed E-state index contributed by atoms with van der Waals surface area (Å²) in [5, 5.41) is 0.0607. The molecule has 1 aliphatic rings. The first-order valence-corrected chi connectivity index (χ1v) is 6.73. The van der Waals surface area contributed by atoms with Gasteiger partial charge in [-0.05, 0) is 29.8 Å². The van der Waals surface area contributed by atoms with E-state index in [9.17, 15) is 4.79 Å². The van der Waals surface area contributed by atoms with Crippen molar-refractivity contribution < 1.29 is 9.21 Å². The molecule has 18 heavy (non-hydrogen) atoms. The molecule has 0 aromatic carbocycles. The first-order chi connectivity index (χ1) is 8.84. The van der Waals surface area contributed by atoms with Gasteiger partial charge in [-0.25, -0.2) is 0 Å². The summed E-state index contributed by atoms with van der Waals surface area (Å²) in [6.45, 7) is 0.520. The molecule has 0 saturated carbocycles. The molecule has 1 atom stereocenters. The minimum atomic E-state index is 0.0607. The fourth-order valence-electron chi connectivity index (χ4n) is 2.00. The van der Waals surface area contributed by atoms with Crippen molar-refractivity contribution >= 4 is 17.7 Å². The van der Waals surface area contributed by atoms with Gasteiger partial charge in [0.2, 0.25) is 5.91 Å². The Bertz CT molecular complexity index is 527. The molecule has 92 valence electrons. The van der Waals surface area contributed by atoms with Crippen LogP contribution in [0.5, 0.6) is 0 Å². The van der Waals surface area contributed by atoms with E-state index < -0.39 is 0 Å². The molecule has 1 fully saturated rings. The molecule has 1 saturated heterocycles. The highest BCUT2D eigenvalue weighted by atomic mass is 32.2. The molecule has 0 bridgehead atoms. The fraction of sp³-hybridized carbons (Fsp3) is 0.231. The standard InChI is InChI=1S/C13H12N2O2S/c16-12-9-18-13(10-3-5-14-6-4-10)15(12)8-11-2-1-7-17-11/h1-7,13H,8-9H2/t13-/m1/s1. The van der Waals surface area contributed by atoms with E-state index in [-0.39, 0.29) is 11.3 Å². The van der Waals surface area contributed by atoms with Crippen LogP contribution in [0, 0.1) is 0 Å². The maximum Gasteiger partial charge on any atom is 0.234 e. The molecule has 3 rings (SSSR count). The van der Waals surface area contributed by atoms with Crippen molar-refractivity contribution in [2.24, 2.45) is 0 Å². The Morgan fingerprint density at radius 3 is 2.94 bits per heavy atom. The van der Waals surface area contributed by atoms with E-state index in [2.05, 4.69) is 4.98 Å². The van der Waals surface area contributed by atoms with Crippen LogP contribution in [-0.4, -0.2) is 21.5 Å². The van der Waals surface area contributed by atoms with E-state index in [1.165, 1.54) is 0 Å². The zero-order valence-corrected chi connectivity index (χ0v) is 10.5. The predicted molar refractivity (Wildman–Crippen MR) is 68.7 cm³/mol. The topological polar surface area (TPSA) is 46.3 Å². The van der Waals surface area contributed by atoms with Crippen LogP contribution in [0.15, 0.2) is 47.3 Å². The van der Waals surface area contributed by atoms with Gasteiger partial charge < -0.3 is 9.32 Å². The zero-order valence-electron chi connectivity index (χ0n) is 9.65. The predicted octanol–water partition coefficient (Wildman–Crippen LogP) is 2.45. The molecule has 2 aromatic rings. The Morgan fingerprint density at radius 2 is 2.22 bits per heavy atom. The van der Waals surface area contributed by atoms with Crippen molar-refractivity contribution in [1.82, 2.24) is 9.88 Å². The minimum Gasteiger partial charge on any atom is -0.467 e. The number of carbonyl (C=O) groups is 1. The summed E-state index contributed by atoms with van der Waals surface area (Å²) in [6.07, 6.45) is 5.14. The molecule has 5 heteroatoms. The highest BCUT2D eigenvalue weighted by Gasteiger charge is 2.33. The molecule has 0 spiro atoms. The molecule has 4 nitrogen and oxygen atoms in total. The monoisotopic (exact) mass is 260 g/mol. The molecule has 0 radical (unpaired) electrons. The summed E-state index contributed by atoms with van der Waals surface area (Å²) in [5.41, 5.74) is 1.10. The highest BCUT2D eigenvalue weighted by molar-refractivity contribution is 8.00. The largest absolute Gasteiger partial charge is 0.467 e. The van der Waals surface area contributed by atoms with Crippen LogP contribution in [-0.2, 0) is 11.3 Å². The van der Waals surface area contributed by atoms with Crippen LogP contribution >= 0.6 is 11.8 Å². The summed E-state index contributed by atoms with van der Waals surface area (Å²) in [6, 6.07) is 7.63. The molecule has 1 aliphatic heterocycles. The number of hydrogen-bond acceptors (Lipinski definition) is 4. The molecule has 0 N–H and O–H groups in total. The van der Waals surface area contributed by atoms with Crippen LogP contribution in [0.25, 0.3) is 0 Å². The van der Waals surface area contributed by atoms with Gasteiger partial charge in [-0.15, -0.1) is 11.8 Å². The summed E-state index contributed by atoms with van der Waals surface area (Å²) >= 11 is 1.64. The number of hydrogen-bond donors (Lipinski definition) is 0. The van der Waals surface area contributed by atoms with Crippen LogP contribution in [0.3, 0.4) is 0 Å². The van der Waals surface area contributed by atoms with Crippen LogP contribution < -0.4 is 0 Å². The second kappa shape index (κ2) is 4.86. The number of aromatic nitrogens is 1. The lowest BCUT2D eigenvalue weighted by Crippen LogP contribution is -2.27. The maximum absolute atomic E-state index is 11.9. The molecule has 0 unspecified atom stereocenters. The van der Waals surface area contributed by atoms with Crippen molar-refractivity contribution in [2.75, 3.05) is 5.75 Å². The van der Waals surface area contributed by atoms with Gasteiger partial charge in [0.05, 0.1) is 18.6 Å². The normalized spacial score (nSPS) is 19.4. The number of nitrogens with zero attached hydrogens (tertiary/aromatic N) is 2. The third-order valence-corrected chi connectivity index (χ3v) is 4.12. The number of furan rings is 1. The van der Waals surface area contributed by atoms with Crippen LogP contribution in [0.4, 0.5) is 0 Å². The van der Waals surface area contributed by atoms with Crippen molar-refractivity contribution in [3.05, 3.63) is 54.2 Å². The quantitative estimate of drug-likeness (QED) is 0.850. The lowest BCUT2D eigenvalue weighted by Gasteiger charge is -2.23. The van der Waals surface area contributed by atoms with Crippen molar-refractivity contribution in [3.63, 3.8) is 0 Å². The van der Waals surface area contributed by atoms with E-state index in [4.69, 9.17) is 4.42 Å². The highest BCUT2D eigenvalue weighted by Crippen LogP contribution is 2.39. The van der Waals surface area contributed by atoms with E-state index in [0.717, 1.165) is 11.3 Å². The van der Waals surface area contributed by atoms with Gasteiger partial charge in [-0.1, -0.05) is 0 Å². The van der Waals surface area contributed by atoms with E-state index in [1.807, 2.05) is 29.2 Å². The SMILES string of the molecule is O=C1CS[C@H](c2ccncc2)N1Cc1ccco1. The second-order valence-corrected chi connectivity index (χ2v) is 5.11. The summed E-state index contributed by atoms with van der Waals surface area (Å²) in [7, 11) is 0. The first-order valence-electron chi connectivity index (χ1n) is 5.68.